The molecule has 0 saturated carbocycles. The zero-order valence-electron chi connectivity index (χ0n) is 11.2. The van der Waals surface area contributed by atoms with Crippen molar-refractivity contribution in [1.29, 1.82) is 0 Å². The van der Waals surface area contributed by atoms with E-state index in [1.54, 1.807) is 0 Å². The number of hydrogen-bond acceptors (Lipinski definition) is 3. The summed E-state index contributed by atoms with van der Waals surface area (Å²) in [6, 6.07) is 13.8. The SMILES string of the molecule is CCCc1cc(Cl)nc(-c2ccc3ccccc3n2)n1. The van der Waals surface area contributed by atoms with Crippen LogP contribution in [-0.2, 0) is 6.42 Å². The molecule has 1 aromatic carbocycles. The van der Waals surface area contributed by atoms with Crippen molar-refractivity contribution >= 4 is 22.5 Å². The van der Waals surface area contributed by atoms with Crippen molar-refractivity contribution in [3.05, 3.63) is 53.3 Å². The number of nitrogens with zero attached hydrogens (tertiary/aromatic N) is 3. The molecule has 0 saturated heterocycles. The molecule has 20 heavy (non-hydrogen) atoms. The van der Waals surface area contributed by atoms with Gasteiger partial charge in [0, 0.05) is 11.1 Å². The monoisotopic (exact) mass is 283 g/mol. The Kier molecular flexibility index (Phi) is 3.61. The van der Waals surface area contributed by atoms with E-state index in [0.717, 1.165) is 35.1 Å². The Labute approximate surface area is 122 Å². The zero-order valence-corrected chi connectivity index (χ0v) is 11.9. The first kappa shape index (κ1) is 13.0. The lowest BCUT2D eigenvalue weighted by molar-refractivity contribution is 0.874. The first-order valence-electron chi connectivity index (χ1n) is 6.66. The fraction of sp³-hybridized carbons (Fsp3) is 0.188. The highest BCUT2D eigenvalue weighted by Gasteiger charge is 2.07. The number of halogens is 1. The summed E-state index contributed by atoms with van der Waals surface area (Å²) in [4.78, 5) is 13.4. The van der Waals surface area contributed by atoms with Crippen LogP contribution in [0.1, 0.15) is 19.0 Å². The van der Waals surface area contributed by atoms with E-state index in [9.17, 15) is 0 Å². The maximum Gasteiger partial charge on any atom is 0.179 e. The third-order valence-electron chi connectivity index (χ3n) is 3.08. The van der Waals surface area contributed by atoms with E-state index in [0.29, 0.717) is 11.0 Å². The number of para-hydroxylation sites is 1. The molecule has 2 heterocycles. The molecule has 0 aliphatic rings. The fourth-order valence-corrected chi connectivity index (χ4v) is 2.36. The van der Waals surface area contributed by atoms with Gasteiger partial charge in [-0.2, -0.15) is 0 Å². The molecule has 0 bridgehead atoms. The molecular weight excluding hydrogens is 270 g/mol. The van der Waals surface area contributed by atoms with E-state index >= 15 is 0 Å². The van der Waals surface area contributed by atoms with Crippen LogP contribution in [0.4, 0.5) is 0 Å². The minimum atomic E-state index is 0.466. The summed E-state index contributed by atoms with van der Waals surface area (Å²) in [5.41, 5.74) is 2.65. The first-order chi connectivity index (χ1) is 9.76. The predicted molar refractivity (Wildman–Crippen MR) is 81.8 cm³/mol. The highest BCUT2D eigenvalue weighted by molar-refractivity contribution is 6.29. The van der Waals surface area contributed by atoms with Crippen LogP contribution in [0.5, 0.6) is 0 Å². The predicted octanol–water partition coefficient (Wildman–Crippen LogP) is 4.30. The molecule has 100 valence electrons. The number of aromatic nitrogens is 3. The lowest BCUT2D eigenvalue weighted by Gasteiger charge is -2.05. The van der Waals surface area contributed by atoms with E-state index in [2.05, 4.69) is 21.9 Å². The summed E-state index contributed by atoms with van der Waals surface area (Å²) < 4.78 is 0. The normalized spacial score (nSPS) is 10.9. The first-order valence-corrected chi connectivity index (χ1v) is 7.03. The Morgan fingerprint density at radius 2 is 1.85 bits per heavy atom. The molecule has 3 rings (SSSR count). The second-order valence-corrected chi connectivity index (χ2v) is 5.03. The van der Waals surface area contributed by atoms with Crippen LogP contribution in [-0.4, -0.2) is 15.0 Å². The van der Waals surface area contributed by atoms with Crippen molar-refractivity contribution in [3.8, 4) is 11.5 Å². The Morgan fingerprint density at radius 1 is 1.00 bits per heavy atom. The van der Waals surface area contributed by atoms with E-state index in [1.165, 1.54) is 0 Å². The highest BCUT2D eigenvalue weighted by Crippen LogP contribution is 2.20. The average Bonchev–Trinajstić information content (AvgIpc) is 2.46. The molecule has 0 unspecified atom stereocenters. The van der Waals surface area contributed by atoms with Gasteiger partial charge in [0.25, 0.3) is 0 Å². The van der Waals surface area contributed by atoms with E-state index in [4.69, 9.17) is 11.6 Å². The molecule has 0 spiro atoms. The van der Waals surface area contributed by atoms with Crippen LogP contribution in [0.2, 0.25) is 5.15 Å². The molecule has 3 nitrogen and oxygen atoms in total. The summed E-state index contributed by atoms with van der Waals surface area (Å²) in [5.74, 6) is 0.590. The van der Waals surface area contributed by atoms with Gasteiger partial charge in [-0.25, -0.2) is 15.0 Å². The van der Waals surface area contributed by atoms with Crippen molar-refractivity contribution < 1.29 is 0 Å². The van der Waals surface area contributed by atoms with E-state index < -0.39 is 0 Å². The van der Waals surface area contributed by atoms with Gasteiger partial charge in [-0.15, -0.1) is 0 Å². The maximum absolute atomic E-state index is 6.07. The van der Waals surface area contributed by atoms with Gasteiger partial charge in [-0.3, -0.25) is 0 Å². The summed E-state index contributed by atoms with van der Waals surface area (Å²) in [6.07, 6.45) is 1.92. The van der Waals surface area contributed by atoms with E-state index in [1.807, 2.05) is 42.5 Å². The smallest absolute Gasteiger partial charge is 0.179 e. The zero-order chi connectivity index (χ0) is 13.9. The lowest BCUT2D eigenvalue weighted by Crippen LogP contribution is -1.97. The summed E-state index contributed by atoms with van der Waals surface area (Å²) in [6.45, 7) is 2.12. The second kappa shape index (κ2) is 5.55. The van der Waals surface area contributed by atoms with Crippen LogP contribution in [0.3, 0.4) is 0 Å². The summed E-state index contributed by atoms with van der Waals surface area (Å²) >= 11 is 6.07. The van der Waals surface area contributed by atoms with Gasteiger partial charge in [0.1, 0.15) is 10.8 Å². The number of pyridine rings is 1. The van der Waals surface area contributed by atoms with Crippen molar-refractivity contribution in [2.75, 3.05) is 0 Å². The average molecular weight is 284 g/mol. The van der Waals surface area contributed by atoms with Gasteiger partial charge >= 0.3 is 0 Å². The molecule has 0 radical (unpaired) electrons. The third kappa shape index (κ3) is 2.63. The van der Waals surface area contributed by atoms with Crippen LogP contribution in [0.15, 0.2) is 42.5 Å². The molecule has 2 aromatic heterocycles. The Balaban J connectivity index is 2.10. The number of hydrogen-bond donors (Lipinski definition) is 0. The van der Waals surface area contributed by atoms with Crippen molar-refractivity contribution in [1.82, 2.24) is 15.0 Å². The van der Waals surface area contributed by atoms with Gasteiger partial charge in [-0.1, -0.05) is 49.2 Å². The molecule has 4 heteroatoms. The standard InChI is InChI=1S/C16H14ClN3/c1-2-5-12-10-15(17)20-16(18-12)14-9-8-11-6-3-4-7-13(11)19-14/h3-4,6-10H,2,5H2,1H3. The minimum Gasteiger partial charge on any atom is -0.244 e. The Morgan fingerprint density at radius 3 is 2.70 bits per heavy atom. The number of benzene rings is 1. The molecule has 0 amide bonds. The van der Waals surface area contributed by atoms with Crippen molar-refractivity contribution in [2.24, 2.45) is 0 Å². The molecule has 0 N–H and O–H groups in total. The number of rotatable bonds is 3. The molecule has 0 fully saturated rings. The van der Waals surface area contributed by atoms with E-state index in [-0.39, 0.29) is 0 Å². The fourth-order valence-electron chi connectivity index (χ4n) is 2.15. The quantitative estimate of drug-likeness (QED) is 0.673. The number of fused-ring (bicyclic) bond motifs is 1. The van der Waals surface area contributed by atoms with Gasteiger partial charge in [0.2, 0.25) is 0 Å². The van der Waals surface area contributed by atoms with Crippen LogP contribution in [0.25, 0.3) is 22.4 Å². The topological polar surface area (TPSA) is 38.7 Å². The molecule has 0 atom stereocenters. The second-order valence-electron chi connectivity index (χ2n) is 4.64. The maximum atomic E-state index is 6.07. The lowest BCUT2D eigenvalue weighted by atomic mass is 10.2. The van der Waals surface area contributed by atoms with Crippen molar-refractivity contribution in [2.45, 2.75) is 19.8 Å². The van der Waals surface area contributed by atoms with Crippen LogP contribution >= 0.6 is 11.6 Å². The number of aryl methyl sites for hydroxylation is 1. The van der Waals surface area contributed by atoms with Crippen LogP contribution in [0, 0.1) is 0 Å². The Hall–Kier alpha value is -2.00. The van der Waals surface area contributed by atoms with Crippen LogP contribution < -0.4 is 0 Å². The highest BCUT2D eigenvalue weighted by atomic mass is 35.5. The summed E-state index contributed by atoms with van der Waals surface area (Å²) in [5, 5.41) is 1.57. The molecular formula is C16H14ClN3. The molecule has 3 aromatic rings. The minimum absolute atomic E-state index is 0.466. The molecule has 0 aliphatic carbocycles. The van der Waals surface area contributed by atoms with Gasteiger partial charge in [-0.05, 0) is 24.6 Å². The Bertz CT molecular complexity index is 756. The van der Waals surface area contributed by atoms with Gasteiger partial charge in [0.05, 0.1) is 5.52 Å². The van der Waals surface area contributed by atoms with Gasteiger partial charge < -0.3 is 0 Å². The molecule has 0 aliphatic heterocycles. The third-order valence-corrected chi connectivity index (χ3v) is 3.28. The summed E-state index contributed by atoms with van der Waals surface area (Å²) in [7, 11) is 0. The van der Waals surface area contributed by atoms with Crippen molar-refractivity contribution in [3.63, 3.8) is 0 Å². The van der Waals surface area contributed by atoms with Gasteiger partial charge in [0.15, 0.2) is 5.82 Å². The largest absolute Gasteiger partial charge is 0.244 e.